The van der Waals surface area contributed by atoms with E-state index >= 15 is 0 Å². The van der Waals surface area contributed by atoms with Gasteiger partial charge in [0.05, 0.1) is 24.6 Å². The van der Waals surface area contributed by atoms with E-state index in [9.17, 15) is 9.59 Å². The molecule has 2 aliphatic rings. The Morgan fingerprint density at radius 2 is 2.12 bits per heavy atom. The van der Waals surface area contributed by atoms with Crippen molar-refractivity contribution in [2.45, 2.75) is 19.9 Å². The van der Waals surface area contributed by atoms with Crippen LogP contribution in [0.2, 0.25) is 0 Å². The molecule has 3 rings (SSSR count). The monoisotopic (exact) mass is 333 g/mol. The van der Waals surface area contributed by atoms with Crippen molar-refractivity contribution in [2.24, 2.45) is 0 Å². The SMILES string of the molecule is Cc1nc(N2CCOCC2)ccc1NC(=O)N1CC(=O)NC(C)C1. The minimum absolute atomic E-state index is 0.0417. The van der Waals surface area contributed by atoms with Crippen molar-refractivity contribution in [3.05, 3.63) is 17.8 Å². The Kier molecular flexibility index (Phi) is 4.84. The first-order chi connectivity index (χ1) is 11.5. The Labute approximate surface area is 141 Å². The lowest BCUT2D eigenvalue weighted by Gasteiger charge is -2.31. The molecule has 0 spiro atoms. The summed E-state index contributed by atoms with van der Waals surface area (Å²) in [5.74, 6) is 0.751. The summed E-state index contributed by atoms with van der Waals surface area (Å²) in [4.78, 5) is 32.2. The average molecular weight is 333 g/mol. The number of nitrogens with zero attached hydrogens (tertiary/aromatic N) is 3. The molecule has 1 aromatic rings. The van der Waals surface area contributed by atoms with Gasteiger partial charge >= 0.3 is 6.03 Å². The number of urea groups is 1. The summed E-state index contributed by atoms with van der Waals surface area (Å²) in [6.45, 7) is 7.36. The molecule has 8 heteroatoms. The Morgan fingerprint density at radius 1 is 1.38 bits per heavy atom. The summed E-state index contributed by atoms with van der Waals surface area (Å²) in [5.41, 5.74) is 1.41. The molecule has 0 aliphatic carbocycles. The van der Waals surface area contributed by atoms with E-state index in [1.807, 2.05) is 26.0 Å². The van der Waals surface area contributed by atoms with Gasteiger partial charge in [0.25, 0.3) is 0 Å². The summed E-state index contributed by atoms with van der Waals surface area (Å²) >= 11 is 0. The maximum absolute atomic E-state index is 12.4. The number of aromatic nitrogens is 1. The van der Waals surface area contributed by atoms with Gasteiger partial charge in [0.15, 0.2) is 0 Å². The number of nitrogens with one attached hydrogen (secondary N) is 2. The van der Waals surface area contributed by atoms with Crippen LogP contribution in [-0.2, 0) is 9.53 Å². The predicted molar refractivity (Wildman–Crippen MR) is 90.2 cm³/mol. The van der Waals surface area contributed by atoms with Crippen LogP contribution in [0.5, 0.6) is 0 Å². The minimum atomic E-state index is -0.277. The number of piperazine rings is 1. The third kappa shape index (κ3) is 3.76. The Hall–Kier alpha value is -2.35. The van der Waals surface area contributed by atoms with Gasteiger partial charge in [-0.15, -0.1) is 0 Å². The molecule has 3 heterocycles. The van der Waals surface area contributed by atoms with Crippen LogP contribution in [-0.4, -0.2) is 67.3 Å². The van der Waals surface area contributed by atoms with Crippen molar-refractivity contribution in [3.63, 3.8) is 0 Å². The molecule has 1 unspecified atom stereocenters. The molecule has 2 saturated heterocycles. The van der Waals surface area contributed by atoms with Crippen LogP contribution in [0.4, 0.5) is 16.3 Å². The fourth-order valence-electron chi connectivity index (χ4n) is 2.93. The fourth-order valence-corrected chi connectivity index (χ4v) is 2.93. The molecule has 2 aliphatic heterocycles. The molecular weight excluding hydrogens is 310 g/mol. The molecule has 1 aromatic heterocycles. The highest BCUT2D eigenvalue weighted by Gasteiger charge is 2.25. The van der Waals surface area contributed by atoms with Crippen LogP contribution >= 0.6 is 0 Å². The largest absolute Gasteiger partial charge is 0.378 e. The molecular formula is C16H23N5O3. The molecule has 2 N–H and O–H groups in total. The van der Waals surface area contributed by atoms with Crippen LogP contribution in [0.25, 0.3) is 0 Å². The fraction of sp³-hybridized carbons (Fsp3) is 0.562. The molecule has 0 bridgehead atoms. The second kappa shape index (κ2) is 7.04. The summed E-state index contributed by atoms with van der Waals surface area (Å²) in [5, 5.41) is 5.65. The zero-order chi connectivity index (χ0) is 17.1. The minimum Gasteiger partial charge on any atom is -0.378 e. The number of hydrogen-bond acceptors (Lipinski definition) is 5. The number of pyridine rings is 1. The van der Waals surface area contributed by atoms with E-state index in [1.54, 1.807) is 0 Å². The van der Waals surface area contributed by atoms with Gasteiger partial charge in [0.1, 0.15) is 12.4 Å². The van der Waals surface area contributed by atoms with E-state index in [0.717, 1.165) is 24.6 Å². The molecule has 130 valence electrons. The highest BCUT2D eigenvalue weighted by molar-refractivity contribution is 5.93. The van der Waals surface area contributed by atoms with Crippen molar-refractivity contribution in [1.82, 2.24) is 15.2 Å². The van der Waals surface area contributed by atoms with Gasteiger partial charge in [-0.05, 0) is 26.0 Å². The quantitative estimate of drug-likeness (QED) is 0.827. The van der Waals surface area contributed by atoms with Gasteiger partial charge in [-0.3, -0.25) is 4.79 Å². The number of carbonyl (C=O) groups excluding carboxylic acids is 2. The molecule has 2 fully saturated rings. The first kappa shape index (κ1) is 16.5. The number of morpholine rings is 1. The normalized spacial score (nSPS) is 21.4. The van der Waals surface area contributed by atoms with Crippen LogP contribution in [0.3, 0.4) is 0 Å². The van der Waals surface area contributed by atoms with Crippen LogP contribution < -0.4 is 15.5 Å². The van der Waals surface area contributed by atoms with E-state index in [-0.39, 0.29) is 24.5 Å². The zero-order valence-electron chi connectivity index (χ0n) is 14.0. The molecule has 0 aromatic carbocycles. The van der Waals surface area contributed by atoms with E-state index in [1.165, 1.54) is 4.90 Å². The van der Waals surface area contributed by atoms with Gasteiger partial charge < -0.3 is 25.2 Å². The van der Waals surface area contributed by atoms with Gasteiger partial charge in [-0.25, -0.2) is 9.78 Å². The van der Waals surface area contributed by atoms with Crippen molar-refractivity contribution in [2.75, 3.05) is 49.6 Å². The van der Waals surface area contributed by atoms with E-state index in [0.29, 0.717) is 25.4 Å². The molecule has 1 atom stereocenters. The van der Waals surface area contributed by atoms with Crippen LogP contribution in [0.15, 0.2) is 12.1 Å². The number of amides is 3. The molecule has 24 heavy (non-hydrogen) atoms. The highest BCUT2D eigenvalue weighted by Crippen LogP contribution is 2.20. The van der Waals surface area contributed by atoms with Crippen molar-refractivity contribution >= 4 is 23.4 Å². The van der Waals surface area contributed by atoms with Gasteiger partial charge in [0.2, 0.25) is 5.91 Å². The Balaban J connectivity index is 1.66. The van der Waals surface area contributed by atoms with Crippen molar-refractivity contribution in [3.8, 4) is 0 Å². The number of ether oxygens (including phenoxy) is 1. The lowest BCUT2D eigenvalue weighted by molar-refractivity contribution is -0.124. The average Bonchev–Trinajstić information content (AvgIpc) is 2.56. The lowest BCUT2D eigenvalue weighted by atomic mass is 10.2. The van der Waals surface area contributed by atoms with Gasteiger partial charge in [0, 0.05) is 25.7 Å². The third-order valence-corrected chi connectivity index (χ3v) is 4.17. The Bertz CT molecular complexity index is 630. The number of rotatable bonds is 2. The summed E-state index contributed by atoms with van der Waals surface area (Å²) in [6.07, 6.45) is 0. The highest BCUT2D eigenvalue weighted by atomic mass is 16.5. The molecule has 8 nitrogen and oxygen atoms in total. The number of aryl methyl sites for hydroxylation is 1. The Morgan fingerprint density at radius 3 is 2.79 bits per heavy atom. The van der Waals surface area contributed by atoms with Gasteiger partial charge in [-0.2, -0.15) is 0 Å². The standard InChI is InChI=1S/C16H23N5O3/c1-11-9-21(10-15(22)17-11)16(23)19-13-3-4-14(18-12(13)2)20-5-7-24-8-6-20/h3-4,11H,5-10H2,1-2H3,(H,17,22)(H,19,23). The second-order valence-corrected chi connectivity index (χ2v) is 6.18. The maximum atomic E-state index is 12.4. The van der Waals surface area contributed by atoms with E-state index < -0.39 is 0 Å². The second-order valence-electron chi connectivity index (χ2n) is 6.18. The maximum Gasteiger partial charge on any atom is 0.322 e. The van der Waals surface area contributed by atoms with Crippen molar-refractivity contribution < 1.29 is 14.3 Å². The predicted octanol–water partition coefficient (Wildman–Crippen LogP) is 0.579. The van der Waals surface area contributed by atoms with E-state index in [2.05, 4.69) is 20.5 Å². The molecule has 0 saturated carbocycles. The summed E-state index contributed by atoms with van der Waals surface area (Å²) < 4.78 is 5.35. The van der Waals surface area contributed by atoms with E-state index in [4.69, 9.17) is 4.74 Å². The van der Waals surface area contributed by atoms with Gasteiger partial charge in [-0.1, -0.05) is 0 Å². The number of anilines is 2. The zero-order valence-corrected chi connectivity index (χ0v) is 14.0. The number of carbonyl (C=O) groups is 2. The smallest absolute Gasteiger partial charge is 0.322 e. The van der Waals surface area contributed by atoms with Crippen LogP contribution in [0, 0.1) is 6.92 Å². The molecule has 0 radical (unpaired) electrons. The third-order valence-electron chi connectivity index (χ3n) is 4.17. The topological polar surface area (TPSA) is 86.8 Å². The van der Waals surface area contributed by atoms with Crippen LogP contribution in [0.1, 0.15) is 12.6 Å². The number of hydrogen-bond donors (Lipinski definition) is 2. The molecule has 3 amide bonds. The summed E-state index contributed by atoms with van der Waals surface area (Å²) in [7, 11) is 0. The first-order valence-electron chi connectivity index (χ1n) is 8.18. The van der Waals surface area contributed by atoms with Crippen molar-refractivity contribution in [1.29, 1.82) is 0 Å². The summed E-state index contributed by atoms with van der Waals surface area (Å²) in [6, 6.07) is 3.44. The lowest BCUT2D eigenvalue weighted by Crippen LogP contribution is -2.55. The first-order valence-corrected chi connectivity index (χ1v) is 8.18.